The Kier molecular flexibility index (Phi) is 4.38. The van der Waals surface area contributed by atoms with E-state index in [1.54, 1.807) is 0 Å². The summed E-state index contributed by atoms with van der Waals surface area (Å²) in [7, 11) is 0. The zero-order valence-corrected chi connectivity index (χ0v) is 10.5. The number of halogens is 2. The van der Waals surface area contributed by atoms with E-state index >= 15 is 0 Å². The van der Waals surface area contributed by atoms with Gasteiger partial charge in [0.1, 0.15) is 5.69 Å². The molecule has 0 aliphatic heterocycles. The fraction of sp³-hybridized carbons (Fsp3) is 0.400. The number of hydrogen-bond donors (Lipinski definition) is 0. The molecule has 1 rings (SSSR count). The Bertz CT molecular complexity index is 406. The first-order valence-electron chi connectivity index (χ1n) is 4.89. The minimum Gasteiger partial charge on any atom is -0.365 e. The van der Waals surface area contributed by atoms with E-state index in [1.165, 1.54) is 12.1 Å². The van der Waals surface area contributed by atoms with Crippen molar-refractivity contribution in [3.8, 4) is 0 Å². The Labute approximate surface area is 104 Å². The summed E-state index contributed by atoms with van der Waals surface area (Å²) in [4.78, 5) is 12.3. The van der Waals surface area contributed by atoms with Crippen molar-refractivity contribution in [2.45, 2.75) is 13.8 Å². The van der Waals surface area contributed by atoms with E-state index in [9.17, 15) is 10.1 Å². The molecule has 0 saturated heterocycles. The van der Waals surface area contributed by atoms with Gasteiger partial charge in [0.25, 0.3) is 5.69 Å². The van der Waals surface area contributed by atoms with Crippen LogP contribution in [0.3, 0.4) is 0 Å². The standard InChI is InChI=1S/C10H12Cl2N2O2/c1-3-13(4-2)10-8(12)5-7(11)6-9(10)14(15)16/h5-6H,3-4H2,1-2H3. The molecule has 0 atom stereocenters. The largest absolute Gasteiger partial charge is 0.365 e. The Balaban J connectivity index is 3.39. The van der Waals surface area contributed by atoms with Gasteiger partial charge in [-0.05, 0) is 19.9 Å². The van der Waals surface area contributed by atoms with E-state index in [4.69, 9.17) is 23.2 Å². The van der Waals surface area contributed by atoms with Crippen molar-refractivity contribution < 1.29 is 4.92 Å². The summed E-state index contributed by atoms with van der Waals surface area (Å²) >= 11 is 11.8. The Morgan fingerprint density at radius 3 is 2.31 bits per heavy atom. The number of nitro benzene ring substituents is 1. The summed E-state index contributed by atoms with van der Waals surface area (Å²) in [5, 5.41) is 11.5. The number of hydrogen-bond acceptors (Lipinski definition) is 3. The van der Waals surface area contributed by atoms with Crippen molar-refractivity contribution in [1.82, 2.24) is 0 Å². The number of benzene rings is 1. The van der Waals surface area contributed by atoms with Crippen molar-refractivity contribution in [3.63, 3.8) is 0 Å². The normalized spacial score (nSPS) is 10.2. The summed E-state index contributed by atoms with van der Waals surface area (Å²) in [5.74, 6) is 0. The summed E-state index contributed by atoms with van der Waals surface area (Å²) in [6.45, 7) is 5.13. The van der Waals surface area contributed by atoms with E-state index < -0.39 is 4.92 Å². The molecule has 0 radical (unpaired) electrons. The van der Waals surface area contributed by atoms with E-state index in [0.717, 1.165) is 0 Å². The first kappa shape index (κ1) is 13.1. The number of rotatable bonds is 4. The molecule has 0 aliphatic carbocycles. The molecule has 0 spiro atoms. The third-order valence-electron chi connectivity index (χ3n) is 2.28. The van der Waals surface area contributed by atoms with Crippen LogP contribution in [0, 0.1) is 10.1 Å². The van der Waals surface area contributed by atoms with Crippen LogP contribution in [0.15, 0.2) is 12.1 Å². The summed E-state index contributed by atoms with van der Waals surface area (Å²) in [6.07, 6.45) is 0. The summed E-state index contributed by atoms with van der Waals surface area (Å²) in [6, 6.07) is 2.84. The molecule has 1 aromatic carbocycles. The highest BCUT2D eigenvalue weighted by atomic mass is 35.5. The summed E-state index contributed by atoms with van der Waals surface area (Å²) in [5.41, 5.74) is 0.377. The topological polar surface area (TPSA) is 46.4 Å². The van der Waals surface area contributed by atoms with Crippen LogP contribution in [0.4, 0.5) is 11.4 Å². The zero-order chi connectivity index (χ0) is 12.3. The molecule has 0 fully saturated rings. The monoisotopic (exact) mass is 262 g/mol. The Morgan fingerprint density at radius 2 is 1.88 bits per heavy atom. The molecule has 0 unspecified atom stereocenters. The molecule has 0 heterocycles. The number of nitrogens with zero attached hydrogens (tertiary/aromatic N) is 2. The fourth-order valence-corrected chi connectivity index (χ4v) is 2.15. The average molecular weight is 263 g/mol. The van der Waals surface area contributed by atoms with Crippen molar-refractivity contribution >= 4 is 34.6 Å². The van der Waals surface area contributed by atoms with E-state index in [2.05, 4.69) is 0 Å². The van der Waals surface area contributed by atoms with Gasteiger partial charge in [-0.2, -0.15) is 0 Å². The van der Waals surface area contributed by atoms with Crippen LogP contribution in [0.25, 0.3) is 0 Å². The molecule has 0 amide bonds. The first-order chi connectivity index (χ1) is 7.51. The van der Waals surface area contributed by atoms with Gasteiger partial charge in [-0.25, -0.2) is 0 Å². The highest BCUT2D eigenvalue weighted by molar-refractivity contribution is 6.37. The maximum Gasteiger partial charge on any atom is 0.295 e. The van der Waals surface area contributed by atoms with Crippen LogP contribution < -0.4 is 4.90 Å². The van der Waals surface area contributed by atoms with Crippen LogP contribution in [-0.2, 0) is 0 Å². The molecule has 0 aliphatic rings. The second kappa shape index (κ2) is 5.37. The maximum atomic E-state index is 10.9. The zero-order valence-electron chi connectivity index (χ0n) is 9.04. The van der Waals surface area contributed by atoms with Gasteiger partial charge >= 0.3 is 0 Å². The number of anilines is 1. The smallest absolute Gasteiger partial charge is 0.295 e. The van der Waals surface area contributed by atoms with Gasteiger partial charge in [0.05, 0.1) is 9.95 Å². The molecule has 0 saturated carbocycles. The third kappa shape index (κ3) is 2.57. The minimum absolute atomic E-state index is 0.0544. The lowest BCUT2D eigenvalue weighted by Crippen LogP contribution is -2.23. The quantitative estimate of drug-likeness (QED) is 0.614. The minimum atomic E-state index is -0.467. The van der Waals surface area contributed by atoms with Crippen LogP contribution in [-0.4, -0.2) is 18.0 Å². The molecule has 6 heteroatoms. The SMILES string of the molecule is CCN(CC)c1c(Cl)cc(Cl)cc1[N+](=O)[O-]. The van der Waals surface area contributed by atoms with Crippen LogP contribution in [0.5, 0.6) is 0 Å². The van der Waals surface area contributed by atoms with Crippen molar-refractivity contribution in [2.75, 3.05) is 18.0 Å². The van der Waals surface area contributed by atoms with Gasteiger partial charge in [0.15, 0.2) is 0 Å². The highest BCUT2D eigenvalue weighted by Gasteiger charge is 2.22. The van der Waals surface area contributed by atoms with Crippen LogP contribution >= 0.6 is 23.2 Å². The maximum absolute atomic E-state index is 10.9. The molecule has 0 aromatic heterocycles. The molecule has 0 N–H and O–H groups in total. The Morgan fingerprint density at radius 1 is 1.31 bits per heavy atom. The lowest BCUT2D eigenvalue weighted by Gasteiger charge is -2.21. The van der Waals surface area contributed by atoms with Gasteiger partial charge in [-0.3, -0.25) is 10.1 Å². The molecule has 88 valence electrons. The fourth-order valence-electron chi connectivity index (χ4n) is 1.54. The average Bonchev–Trinajstić information content (AvgIpc) is 2.21. The lowest BCUT2D eigenvalue weighted by molar-refractivity contribution is -0.384. The van der Waals surface area contributed by atoms with E-state index in [0.29, 0.717) is 23.8 Å². The number of nitro groups is 1. The van der Waals surface area contributed by atoms with Gasteiger partial charge in [-0.15, -0.1) is 0 Å². The van der Waals surface area contributed by atoms with Crippen molar-refractivity contribution in [1.29, 1.82) is 0 Å². The molecular formula is C10H12Cl2N2O2. The molecule has 1 aromatic rings. The highest BCUT2D eigenvalue weighted by Crippen LogP contribution is 2.38. The first-order valence-corrected chi connectivity index (χ1v) is 5.65. The predicted octanol–water partition coefficient (Wildman–Crippen LogP) is 3.75. The third-order valence-corrected chi connectivity index (χ3v) is 2.79. The molecule has 0 bridgehead atoms. The second-order valence-electron chi connectivity index (χ2n) is 3.18. The van der Waals surface area contributed by atoms with Gasteiger partial charge in [0.2, 0.25) is 0 Å². The van der Waals surface area contributed by atoms with Crippen molar-refractivity contribution in [3.05, 3.63) is 32.3 Å². The molecule has 4 nitrogen and oxygen atoms in total. The van der Waals surface area contributed by atoms with Gasteiger partial charge in [0, 0.05) is 24.2 Å². The summed E-state index contributed by atoms with van der Waals surface area (Å²) < 4.78 is 0. The van der Waals surface area contributed by atoms with Crippen LogP contribution in [0.2, 0.25) is 10.0 Å². The van der Waals surface area contributed by atoms with Crippen LogP contribution in [0.1, 0.15) is 13.8 Å². The van der Waals surface area contributed by atoms with E-state index in [1.807, 2.05) is 18.7 Å². The van der Waals surface area contributed by atoms with Gasteiger partial charge in [-0.1, -0.05) is 23.2 Å². The van der Waals surface area contributed by atoms with E-state index in [-0.39, 0.29) is 10.7 Å². The lowest BCUT2D eigenvalue weighted by atomic mass is 10.2. The van der Waals surface area contributed by atoms with Crippen molar-refractivity contribution in [2.24, 2.45) is 0 Å². The Hall–Kier alpha value is -1.00. The predicted molar refractivity (Wildman–Crippen MR) is 66.7 cm³/mol. The molecule has 16 heavy (non-hydrogen) atoms. The second-order valence-corrected chi connectivity index (χ2v) is 4.03. The molecular weight excluding hydrogens is 251 g/mol. The van der Waals surface area contributed by atoms with Gasteiger partial charge < -0.3 is 4.90 Å².